The number of ether oxygens (including phenoxy) is 1. The van der Waals surface area contributed by atoms with Crippen molar-refractivity contribution in [2.24, 2.45) is 0 Å². The van der Waals surface area contributed by atoms with Crippen molar-refractivity contribution in [1.29, 1.82) is 0 Å². The van der Waals surface area contributed by atoms with E-state index in [1.807, 2.05) is 0 Å². The van der Waals surface area contributed by atoms with Crippen LogP contribution in [0.4, 0.5) is 17.6 Å². The Morgan fingerprint density at radius 1 is 1.27 bits per heavy atom. The third-order valence-electron chi connectivity index (χ3n) is 2.06. The third-order valence-corrected chi connectivity index (χ3v) is 2.06. The van der Waals surface area contributed by atoms with Crippen molar-refractivity contribution in [2.75, 3.05) is 7.11 Å². The van der Waals surface area contributed by atoms with Gasteiger partial charge in [-0.15, -0.1) is 0 Å². The van der Waals surface area contributed by atoms with Crippen molar-refractivity contribution < 1.29 is 22.3 Å². The number of aryl methyl sites for hydroxylation is 1. The first-order valence-electron chi connectivity index (χ1n) is 4.33. The highest BCUT2D eigenvalue weighted by Crippen LogP contribution is 2.35. The van der Waals surface area contributed by atoms with Gasteiger partial charge in [0.1, 0.15) is 11.6 Å². The molecule has 0 unspecified atom stereocenters. The average molecular weight is 222 g/mol. The van der Waals surface area contributed by atoms with E-state index in [0.717, 1.165) is 6.07 Å². The van der Waals surface area contributed by atoms with Gasteiger partial charge in [0.15, 0.2) is 0 Å². The summed E-state index contributed by atoms with van der Waals surface area (Å²) in [6.07, 6.45) is -4.28. The fourth-order valence-corrected chi connectivity index (χ4v) is 1.28. The Morgan fingerprint density at radius 2 is 1.87 bits per heavy atom. The van der Waals surface area contributed by atoms with Gasteiger partial charge in [-0.25, -0.2) is 4.39 Å². The summed E-state index contributed by atoms with van der Waals surface area (Å²) in [6.45, 7) is 1.71. The molecule has 0 saturated heterocycles. The van der Waals surface area contributed by atoms with E-state index < -0.39 is 17.6 Å². The lowest BCUT2D eigenvalue weighted by molar-refractivity contribution is -0.140. The van der Waals surface area contributed by atoms with Crippen LogP contribution in [0.25, 0.3) is 0 Å². The van der Waals surface area contributed by atoms with Gasteiger partial charge in [0, 0.05) is 0 Å². The monoisotopic (exact) mass is 222 g/mol. The first kappa shape index (κ1) is 11.8. The minimum Gasteiger partial charge on any atom is -0.496 e. The molecule has 1 rings (SSSR count). The molecule has 0 heterocycles. The number of rotatable bonds is 2. The lowest BCUT2D eigenvalue weighted by Gasteiger charge is -2.12. The van der Waals surface area contributed by atoms with Crippen LogP contribution in [0.5, 0.6) is 5.75 Å². The zero-order chi connectivity index (χ0) is 11.6. The van der Waals surface area contributed by atoms with Crippen LogP contribution in [-0.2, 0) is 12.6 Å². The predicted octanol–water partition coefficient (Wildman–Crippen LogP) is 3.42. The van der Waals surface area contributed by atoms with Gasteiger partial charge in [-0.1, -0.05) is 6.92 Å². The van der Waals surface area contributed by atoms with Crippen LogP contribution in [0, 0.1) is 5.82 Å². The highest BCUT2D eigenvalue weighted by atomic mass is 19.4. The summed E-state index contributed by atoms with van der Waals surface area (Å²) in [5.74, 6) is -1.20. The molecule has 0 aliphatic carbocycles. The normalized spacial score (nSPS) is 11.6. The molecule has 0 aliphatic rings. The third kappa shape index (κ3) is 2.40. The molecule has 84 valence electrons. The molecular weight excluding hydrogens is 212 g/mol. The van der Waals surface area contributed by atoms with Crippen LogP contribution in [0.15, 0.2) is 12.1 Å². The van der Waals surface area contributed by atoms with Crippen molar-refractivity contribution in [3.63, 3.8) is 0 Å². The molecule has 1 nitrogen and oxygen atoms in total. The Bertz CT molecular complexity index is 357. The number of hydrogen-bond donors (Lipinski definition) is 0. The van der Waals surface area contributed by atoms with Gasteiger partial charge in [0.2, 0.25) is 0 Å². The summed E-state index contributed by atoms with van der Waals surface area (Å²) < 4.78 is 54.7. The van der Waals surface area contributed by atoms with Crippen LogP contribution in [0.3, 0.4) is 0 Å². The molecule has 1 aromatic carbocycles. The van der Waals surface area contributed by atoms with E-state index in [9.17, 15) is 17.6 Å². The molecule has 15 heavy (non-hydrogen) atoms. The molecule has 5 heteroatoms. The molecule has 0 aromatic heterocycles. The fourth-order valence-electron chi connectivity index (χ4n) is 1.28. The van der Waals surface area contributed by atoms with Gasteiger partial charge < -0.3 is 4.74 Å². The van der Waals surface area contributed by atoms with Crippen LogP contribution >= 0.6 is 0 Å². The predicted molar refractivity (Wildman–Crippen MR) is 47.3 cm³/mol. The molecule has 0 saturated carbocycles. The first-order chi connectivity index (χ1) is 6.90. The first-order valence-corrected chi connectivity index (χ1v) is 4.33. The number of methoxy groups -OCH3 is 1. The van der Waals surface area contributed by atoms with Crippen LogP contribution in [0.1, 0.15) is 18.1 Å². The molecule has 0 spiro atoms. The van der Waals surface area contributed by atoms with Gasteiger partial charge >= 0.3 is 6.18 Å². The average Bonchev–Trinajstić information content (AvgIpc) is 2.15. The van der Waals surface area contributed by atoms with Crippen molar-refractivity contribution >= 4 is 0 Å². The second kappa shape index (κ2) is 4.08. The molecule has 0 N–H and O–H groups in total. The van der Waals surface area contributed by atoms with Crippen LogP contribution in [0.2, 0.25) is 0 Å². The smallest absolute Gasteiger partial charge is 0.419 e. The standard InChI is InChI=1S/C10H10F4O/c1-3-6-4-8(11)7(10(12,13)14)5-9(6)15-2/h4-5H,3H2,1-2H3. The van der Waals surface area contributed by atoms with Crippen molar-refractivity contribution in [3.05, 3.63) is 29.1 Å². The zero-order valence-corrected chi connectivity index (χ0v) is 8.28. The minimum atomic E-state index is -4.69. The van der Waals surface area contributed by atoms with E-state index in [4.69, 9.17) is 4.74 Å². The Labute approximate surface area is 84.7 Å². The maximum Gasteiger partial charge on any atom is 0.419 e. The van der Waals surface area contributed by atoms with E-state index in [1.165, 1.54) is 7.11 Å². The largest absolute Gasteiger partial charge is 0.496 e. The second-order valence-electron chi connectivity index (χ2n) is 3.00. The van der Waals surface area contributed by atoms with Crippen LogP contribution in [-0.4, -0.2) is 7.11 Å². The van der Waals surface area contributed by atoms with E-state index in [0.29, 0.717) is 18.1 Å². The van der Waals surface area contributed by atoms with Crippen molar-refractivity contribution in [1.82, 2.24) is 0 Å². The Kier molecular flexibility index (Phi) is 3.21. The van der Waals surface area contributed by atoms with E-state index >= 15 is 0 Å². The second-order valence-corrected chi connectivity index (χ2v) is 3.00. The van der Waals surface area contributed by atoms with Gasteiger partial charge in [-0.3, -0.25) is 0 Å². The Balaban J connectivity index is 3.32. The maximum absolute atomic E-state index is 13.1. The summed E-state index contributed by atoms with van der Waals surface area (Å²) in [5.41, 5.74) is -0.875. The van der Waals surface area contributed by atoms with E-state index in [1.54, 1.807) is 6.92 Å². The molecule has 0 atom stereocenters. The fraction of sp³-hybridized carbons (Fsp3) is 0.400. The maximum atomic E-state index is 13.1. The Morgan fingerprint density at radius 3 is 2.27 bits per heavy atom. The number of benzene rings is 1. The van der Waals surface area contributed by atoms with E-state index in [-0.39, 0.29) is 5.75 Å². The molecule has 0 fully saturated rings. The van der Waals surface area contributed by atoms with Crippen molar-refractivity contribution in [2.45, 2.75) is 19.5 Å². The van der Waals surface area contributed by atoms with Gasteiger partial charge in [0.25, 0.3) is 0 Å². The highest BCUT2D eigenvalue weighted by molar-refractivity contribution is 5.39. The molecule has 0 amide bonds. The van der Waals surface area contributed by atoms with E-state index in [2.05, 4.69) is 0 Å². The zero-order valence-electron chi connectivity index (χ0n) is 8.28. The summed E-state index contributed by atoms with van der Waals surface area (Å²) in [4.78, 5) is 0. The number of hydrogen-bond acceptors (Lipinski definition) is 1. The van der Waals surface area contributed by atoms with Gasteiger partial charge in [-0.05, 0) is 24.1 Å². The molecular formula is C10H10F4O. The minimum absolute atomic E-state index is 0.0613. The molecule has 0 radical (unpaired) electrons. The summed E-state index contributed by atoms with van der Waals surface area (Å²) >= 11 is 0. The summed E-state index contributed by atoms with van der Waals surface area (Å²) in [5, 5.41) is 0. The lowest BCUT2D eigenvalue weighted by atomic mass is 10.1. The number of alkyl halides is 3. The summed E-state index contributed by atoms with van der Waals surface area (Å²) in [6, 6.07) is 1.55. The van der Waals surface area contributed by atoms with Gasteiger partial charge in [0.05, 0.1) is 12.7 Å². The van der Waals surface area contributed by atoms with Crippen molar-refractivity contribution in [3.8, 4) is 5.75 Å². The lowest BCUT2D eigenvalue weighted by Crippen LogP contribution is -2.09. The molecule has 1 aromatic rings. The summed E-state index contributed by atoms with van der Waals surface area (Å²) in [7, 11) is 1.26. The van der Waals surface area contributed by atoms with Crippen LogP contribution < -0.4 is 4.74 Å². The quantitative estimate of drug-likeness (QED) is 0.696. The van der Waals surface area contributed by atoms with Gasteiger partial charge in [-0.2, -0.15) is 13.2 Å². The molecule has 0 aliphatic heterocycles. The topological polar surface area (TPSA) is 9.23 Å². The SMILES string of the molecule is CCc1cc(F)c(C(F)(F)F)cc1OC. The molecule has 0 bridgehead atoms. The number of halogens is 4. The highest BCUT2D eigenvalue weighted by Gasteiger charge is 2.35. The Hall–Kier alpha value is -1.26.